The van der Waals surface area contributed by atoms with Crippen LogP contribution >= 0.6 is 0 Å². The lowest BCUT2D eigenvalue weighted by Crippen LogP contribution is -2.43. The molecule has 0 saturated heterocycles. The third kappa shape index (κ3) is 2.00. The number of hydrogen-bond acceptors (Lipinski definition) is 4. The summed E-state index contributed by atoms with van der Waals surface area (Å²) in [4.78, 5) is 4.22. The Morgan fingerprint density at radius 2 is 2.25 bits per heavy atom. The predicted molar refractivity (Wildman–Crippen MR) is 62.8 cm³/mol. The SMILES string of the molecule is N#Cc1cccnc1NC1(CN)CCCC1. The molecule has 1 heterocycles. The lowest BCUT2D eigenvalue weighted by Gasteiger charge is -2.29. The number of rotatable bonds is 3. The molecule has 2 rings (SSSR count). The van der Waals surface area contributed by atoms with Crippen molar-refractivity contribution in [2.45, 2.75) is 31.2 Å². The smallest absolute Gasteiger partial charge is 0.144 e. The van der Waals surface area contributed by atoms with Crippen LogP contribution < -0.4 is 11.1 Å². The first-order valence-electron chi connectivity index (χ1n) is 5.63. The van der Waals surface area contributed by atoms with Gasteiger partial charge in [-0.2, -0.15) is 5.26 Å². The highest BCUT2D eigenvalue weighted by atomic mass is 15.1. The summed E-state index contributed by atoms with van der Waals surface area (Å²) in [7, 11) is 0. The zero-order valence-corrected chi connectivity index (χ0v) is 9.24. The number of aromatic nitrogens is 1. The van der Waals surface area contributed by atoms with Gasteiger partial charge in [-0.15, -0.1) is 0 Å². The average Bonchev–Trinajstić information content (AvgIpc) is 2.79. The Bertz CT molecular complexity index is 402. The molecule has 4 nitrogen and oxygen atoms in total. The third-order valence-electron chi connectivity index (χ3n) is 3.26. The molecule has 0 bridgehead atoms. The Balaban J connectivity index is 2.23. The van der Waals surface area contributed by atoms with Gasteiger partial charge in [0.25, 0.3) is 0 Å². The number of anilines is 1. The molecule has 0 atom stereocenters. The van der Waals surface area contributed by atoms with E-state index in [0.717, 1.165) is 12.8 Å². The van der Waals surface area contributed by atoms with Crippen LogP contribution in [0.5, 0.6) is 0 Å². The molecule has 0 amide bonds. The highest BCUT2D eigenvalue weighted by Crippen LogP contribution is 2.32. The van der Waals surface area contributed by atoms with Crippen molar-refractivity contribution in [2.24, 2.45) is 5.73 Å². The van der Waals surface area contributed by atoms with Crippen LogP contribution in [0.1, 0.15) is 31.2 Å². The summed E-state index contributed by atoms with van der Waals surface area (Å²) >= 11 is 0. The average molecular weight is 216 g/mol. The molecular formula is C12H16N4. The molecule has 3 N–H and O–H groups in total. The summed E-state index contributed by atoms with van der Waals surface area (Å²) < 4.78 is 0. The van der Waals surface area contributed by atoms with Gasteiger partial charge in [0.15, 0.2) is 0 Å². The summed E-state index contributed by atoms with van der Waals surface area (Å²) in [5.74, 6) is 0.664. The Morgan fingerprint density at radius 3 is 2.88 bits per heavy atom. The van der Waals surface area contributed by atoms with Crippen LogP contribution in [-0.4, -0.2) is 17.1 Å². The van der Waals surface area contributed by atoms with Crippen molar-refractivity contribution in [2.75, 3.05) is 11.9 Å². The number of pyridine rings is 1. The van der Waals surface area contributed by atoms with Gasteiger partial charge in [-0.1, -0.05) is 12.8 Å². The zero-order valence-electron chi connectivity index (χ0n) is 9.24. The van der Waals surface area contributed by atoms with Crippen molar-refractivity contribution >= 4 is 5.82 Å². The molecule has 0 aromatic carbocycles. The molecule has 1 aliphatic carbocycles. The summed E-state index contributed by atoms with van der Waals surface area (Å²) in [5, 5.41) is 12.4. The maximum Gasteiger partial charge on any atom is 0.144 e. The highest BCUT2D eigenvalue weighted by Gasteiger charge is 2.33. The molecule has 1 saturated carbocycles. The van der Waals surface area contributed by atoms with E-state index in [2.05, 4.69) is 16.4 Å². The minimum Gasteiger partial charge on any atom is -0.362 e. The van der Waals surface area contributed by atoms with Crippen LogP contribution in [-0.2, 0) is 0 Å². The van der Waals surface area contributed by atoms with Gasteiger partial charge in [0.05, 0.1) is 11.1 Å². The minimum absolute atomic E-state index is 0.0556. The Kier molecular flexibility index (Phi) is 3.07. The van der Waals surface area contributed by atoms with E-state index >= 15 is 0 Å². The van der Waals surface area contributed by atoms with E-state index in [1.54, 1.807) is 18.3 Å². The van der Waals surface area contributed by atoms with E-state index in [1.165, 1.54) is 12.8 Å². The fourth-order valence-electron chi connectivity index (χ4n) is 2.28. The molecule has 0 spiro atoms. The standard InChI is InChI=1S/C12H16N4/c13-8-10-4-3-7-15-11(10)16-12(9-14)5-1-2-6-12/h3-4,7H,1-2,5-6,9,14H2,(H,15,16). The first-order valence-corrected chi connectivity index (χ1v) is 5.63. The van der Waals surface area contributed by atoms with Gasteiger partial charge in [-0.05, 0) is 25.0 Å². The van der Waals surface area contributed by atoms with Crippen molar-refractivity contribution in [1.82, 2.24) is 4.98 Å². The fourth-order valence-corrected chi connectivity index (χ4v) is 2.28. The summed E-state index contributed by atoms with van der Waals surface area (Å²) in [6, 6.07) is 5.69. The van der Waals surface area contributed by atoms with Gasteiger partial charge in [-0.3, -0.25) is 0 Å². The number of nitrogens with two attached hydrogens (primary N) is 1. The second-order valence-electron chi connectivity index (χ2n) is 4.33. The Morgan fingerprint density at radius 1 is 1.50 bits per heavy atom. The van der Waals surface area contributed by atoms with E-state index in [4.69, 9.17) is 11.0 Å². The predicted octanol–water partition coefficient (Wildman–Crippen LogP) is 1.64. The van der Waals surface area contributed by atoms with E-state index in [9.17, 15) is 0 Å². The molecule has 84 valence electrons. The molecule has 1 aromatic rings. The lowest BCUT2D eigenvalue weighted by atomic mass is 9.97. The van der Waals surface area contributed by atoms with Crippen LogP contribution in [0.3, 0.4) is 0 Å². The van der Waals surface area contributed by atoms with Gasteiger partial charge in [0, 0.05) is 12.7 Å². The number of nitriles is 1. The van der Waals surface area contributed by atoms with Gasteiger partial charge in [0.1, 0.15) is 11.9 Å². The highest BCUT2D eigenvalue weighted by molar-refractivity contribution is 5.53. The maximum atomic E-state index is 8.99. The molecule has 1 aliphatic rings. The lowest BCUT2D eigenvalue weighted by molar-refractivity contribution is 0.491. The van der Waals surface area contributed by atoms with Crippen LogP contribution in [0.2, 0.25) is 0 Å². The molecular weight excluding hydrogens is 200 g/mol. The summed E-state index contributed by atoms with van der Waals surface area (Å²) in [6.45, 7) is 0.592. The molecule has 1 fully saturated rings. The number of hydrogen-bond donors (Lipinski definition) is 2. The van der Waals surface area contributed by atoms with Gasteiger partial charge in [-0.25, -0.2) is 4.98 Å². The second-order valence-corrected chi connectivity index (χ2v) is 4.33. The minimum atomic E-state index is -0.0556. The molecule has 1 aromatic heterocycles. The topological polar surface area (TPSA) is 74.7 Å². The van der Waals surface area contributed by atoms with E-state index < -0.39 is 0 Å². The van der Waals surface area contributed by atoms with Gasteiger partial charge in [0.2, 0.25) is 0 Å². The molecule has 0 radical (unpaired) electrons. The number of nitrogens with zero attached hydrogens (tertiary/aromatic N) is 2. The summed E-state index contributed by atoms with van der Waals surface area (Å²) in [5.41, 5.74) is 6.36. The van der Waals surface area contributed by atoms with Crippen molar-refractivity contribution in [3.05, 3.63) is 23.9 Å². The van der Waals surface area contributed by atoms with Crippen LogP contribution in [0.15, 0.2) is 18.3 Å². The maximum absolute atomic E-state index is 8.99. The molecule has 0 unspecified atom stereocenters. The van der Waals surface area contributed by atoms with E-state index in [1.807, 2.05) is 0 Å². The Labute approximate surface area is 95.5 Å². The Hall–Kier alpha value is -1.60. The van der Waals surface area contributed by atoms with Crippen LogP contribution in [0.25, 0.3) is 0 Å². The molecule has 0 aliphatic heterocycles. The van der Waals surface area contributed by atoms with Crippen LogP contribution in [0.4, 0.5) is 5.82 Å². The quantitative estimate of drug-likeness (QED) is 0.805. The van der Waals surface area contributed by atoms with Crippen LogP contribution in [0, 0.1) is 11.3 Å². The normalized spacial score (nSPS) is 18.0. The number of nitrogens with one attached hydrogen (secondary N) is 1. The van der Waals surface area contributed by atoms with Gasteiger partial charge >= 0.3 is 0 Å². The van der Waals surface area contributed by atoms with Crippen molar-refractivity contribution in [1.29, 1.82) is 5.26 Å². The van der Waals surface area contributed by atoms with Crippen molar-refractivity contribution < 1.29 is 0 Å². The third-order valence-corrected chi connectivity index (χ3v) is 3.26. The van der Waals surface area contributed by atoms with Gasteiger partial charge < -0.3 is 11.1 Å². The monoisotopic (exact) mass is 216 g/mol. The van der Waals surface area contributed by atoms with Crippen molar-refractivity contribution in [3.8, 4) is 6.07 Å². The summed E-state index contributed by atoms with van der Waals surface area (Å²) in [6.07, 6.45) is 6.20. The zero-order chi connectivity index (χ0) is 11.4. The van der Waals surface area contributed by atoms with E-state index in [-0.39, 0.29) is 5.54 Å². The first-order chi connectivity index (χ1) is 7.79. The fraction of sp³-hybridized carbons (Fsp3) is 0.500. The van der Waals surface area contributed by atoms with E-state index in [0.29, 0.717) is 17.9 Å². The van der Waals surface area contributed by atoms with Crippen molar-refractivity contribution in [3.63, 3.8) is 0 Å². The first kappa shape index (κ1) is 10.9. The second kappa shape index (κ2) is 4.50. The largest absolute Gasteiger partial charge is 0.362 e. The molecule has 4 heteroatoms. The molecule has 16 heavy (non-hydrogen) atoms.